The fraction of sp³-hybridized carbons (Fsp3) is 1.00. The largest absolute Gasteiger partial charge is 0.501 e. The van der Waals surface area contributed by atoms with E-state index in [1.165, 1.54) is 0 Å². The first-order chi connectivity index (χ1) is 8.31. The molecule has 0 fully saturated rings. The molecule has 0 rings (SSSR count). The lowest BCUT2D eigenvalue weighted by molar-refractivity contribution is 0.0595. The third-order valence-corrected chi connectivity index (χ3v) is 6.32. The Labute approximate surface area is 115 Å². The van der Waals surface area contributed by atoms with E-state index in [4.69, 9.17) is 13.3 Å². The fourth-order valence-electron chi connectivity index (χ4n) is 2.70. The Morgan fingerprint density at radius 1 is 0.889 bits per heavy atom. The molecule has 110 valence electrons. The van der Waals surface area contributed by atoms with E-state index in [-0.39, 0.29) is 5.41 Å². The van der Waals surface area contributed by atoms with Crippen molar-refractivity contribution in [2.24, 2.45) is 11.3 Å². The van der Waals surface area contributed by atoms with Crippen LogP contribution in [0.4, 0.5) is 0 Å². The topological polar surface area (TPSA) is 27.7 Å². The molecule has 0 aromatic heterocycles. The summed E-state index contributed by atoms with van der Waals surface area (Å²) in [6.07, 6.45) is 1.16. The summed E-state index contributed by atoms with van der Waals surface area (Å²) in [5.74, 6) is 0.677. The minimum Gasteiger partial charge on any atom is -0.374 e. The monoisotopic (exact) mass is 276 g/mol. The molecule has 4 heteroatoms. The van der Waals surface area contributed by atoms with Crippen LogP contribution >= 0.6 is 0 Å². The first-order valence-corrected chi connectivity index (χ1v) is 9.16. The number of hydrogen-bond acceptors (Lipinski definition) is 3. The lowest BCUT2D eigenvalue weighted by atomic mass is 9.86. The van der Waals surface area contributed by atoms with Gasteiger partial charge in [-0.15, -0.1) is 0 Å². The molecule has 0 N–H and O–H groups in total. The van der Waals surface area contributed by atoms with Gasteiger partial charge in [0.05, 0.1) is 0 Å². The minimum absolute atomic E-state index is 0.194. The average molecular weight is 276 g/mol. The van der Waals surface area contributed by atoms with E-state index in [9.17, 15) is 0 Å². The van der Waals surface area contributed by atoms with E-state index >= 15 is 0 Å². The molecule has 0 saturated carbocycles. The van der Waals surface area contributed by atoms with Crippen LogP contribution in [0.15, 0.2) is 0 Å². The predicted molar refractivity (Wildman–Crippen MR) is 78.7 cm³/mol. The smallest absolute Gasteiger partial charge is 0.374 e. The second-order valence-corrected chi connectivity index (χ2v) is 8.51. The van der Waals surface area contributed by atoms with Gasteiger partial charge in [0.25, 0.3) is 0 Å². The van der Waals surface area contributed by atoms with Crippen molar-refractivity contribution in [3.05, 3.63) is 0 Å². The molecule has 0 aliphatic rings. The summed E-state index contributed by atoms with van der Waals surface area (Å²) >= 11 is 0. The maximum atomic E-state index is 5.92. The van der Waals surface area contributed by atoms with Crippen LogP contribution in [0.1, 0.15) is 54.9 Å². The van der Waals surface area contributed by atoms with Crippen LogP contribution in [0.5, 0.6) is 0 Å². The molecule has 0 saturated heterocycles. The van der Waals surface area contributed by atoms with Gasteiger partial charge in [-0.2, -0.15) is 0 Å². The predicted octanol–water partition coefficient (Wildman–Crippen LogP) is 4.11. The van der Waals surface area contributed by atoms with Gasteiger partial charge >= 0.3 is 8.80 Å². The van der Waals surface area contributed by atoms with E-state index in [1.807, 2.05) is 20.8 Å². The summed E-state index contributed by atoms with van der Waals surface area (Å²) in [7, 11) is -2.50. The van der Waals surface area contributed by atoms with Gasteiger partial charge in [-0.3, -0.25) is 0 Å². The number of rotatable bonds is 10. The van der Waals surface area contributed by atoms with Gasteiger partial charge in [0, 0.05) is 25.9 Å². The highest BCUT2D eigenvalue weighted by Crippen LogP contribution is 2.36. The molecule has 0 aromatic carbocycles. The average Bonchev–Trinajstić information content (AvgIpc) is 2.15. The molecule has 0 atom stereocenters. The molecule has 0 bridgehead atoms. The van der Waals surface area contributed by atoms with Crippen LogP contribution in [0, 0.1) is 11.3 Å². The Morgan fingerprint density at radius 3 is 1.56 bits per heavy atom. The van der Waals surface area contributed by atoms with E-state index in [0.29, 0.717) is 25.7 Å². The highest BCUT2D eigenvalue weighted by molar-refractivity contribution is 6.60. The minimum atomic E-state index is -2.50. The summed E-state index contributed by atoms with van der Waals surface area (Å²) in [6.45, 7) is 17.1. The van der Waals surface area contributed by atoms with Crippen LogP contribution in [-0.2, 0) is 13.3 Å². The van der Waals surface area contributed by atoms with Crippen molar-refractivity contribution in [3.8, 4) is 0 Å². The summed E-state index contributed by atoms with van der Waals surface area (Å²) < 4.78 is 17.8. The van der Waals surface area contributed by atoms with E-state index in [0.717, 1.165) is 12.5 Å². The Kier molecular flexibility index (Phi) is 8.35. The van der Waals surface area contributed by atoms with Gasteiger partial charge < -0.3 is 13.3 Å². The molecule has 18 heavy (non-hydrogen) atoms. The molecular weight excluding hydrogens is 244 g/mol. The third kappa shape index (κ3) is 6.88. The quantitative estimate of drug-likeness (QED) is 0.562. The van der Waals surface area contributed by atoms with Crippen LogP contribution in [0.25, 0.3) is 0 Å². The van der Waals surface area contributed by atoms with Gasteiger partial charge in [-0.25, -0.2) is 0 Å². The molecule has 0 aromatic rings. The van der Waals surface area contributed by atoms with Gasteiger partial charge in [0.15, 0.2) is 0 Å². The maximum Gasteiger partial charge on any atom is 0.501 e. The first-order valence-electron chi connectivity index (χ1n) is 7.22. The molecule has 0 heterocycles. The van der Waals surface area contributed by atoms with E-state index < -0.39 is 8.80 Å². The van der Waals surface area contributed by atoms with Crippen molar-refractivity contribution in [3.63, 3.8) is 0 Å². The first kappa shape index (κ1) is 18.1. The molecule has 0 unspecified atom stereocenters. The standard InChI is InChI=1S/C14H32O3Si/c1-8-15-18(16-9-2,17-10-3)12-14(6,7)11-13(4)5/h13H,8-12H2,1-7H3. The van der Waals surface area contributed by atoms with Crippen molar-refractivity contribution >= 4 is 8.80 Å². The normalized spacial score (nSPS) is 13.3. The lowest BCUT2D eigenvalue weighted by Crippen LogP contribution is -2.49. The Hall–Kier alpha value is 0.0969. The van der Waals surface area contributed by atoms with Crippen LogP contribution in [0.3, 0.4) is 0 Å². The summed E-state index contributed by atoms with van der Waals surface area (Å²) in [6, 6.07) is 0.897. The van der Waals surface area contributed by atoms with E-state index in [1.54, 1.807) is 0 Å². The Bertz CT molecular complexity index is 200. The van der Waals surface area contributed by atoms with Crippen LogP contribution < -0.4 is 0 Å². The van der Waals surface area contributed by atoms with Crippen molar-refractivity contribution in [1.82, 2.24) is 0 Å². The van der Waals surface area contributed by atoms with Crippen molar-refractivity contribution in [2.45, 2.75) is 60.9 Å². The molecule has 0 amide bonds. The maximum absolute atomic E-state index is 5.92. The Morgan fingerprint density at radius 2 is 1.28 bits per heavy atom. The van der Waals surface area contributed by atoms with Gasteiger partial charge in [-0.05, 0) is 38.5 Å². The molecule has 0 aliphatic heterocycles. The third-order valence-electron chi connectivity index (χ3n) is 2.75. The lowest BCUT2D eigenvalue weighted by Gasteiger charge is -2.36. The summed E-state index contributed by atoms with van der Waals surface area (Å²) in [5.41, 5.74) is 0.194. The highest BCUT2D eigenvalue weighted by atomic mass is 28.4. The zero-order valence-electron chi connectivity index (χ0n) is 13.3. The number of hydrogen-bond donors (Lipinski definition) is 0. The molecule has 0 radical (unpaired) electrons. The van der Waals surface area contributed by atoms with Crippen LogP contribution in [0.2, 0.25) is 6.04 Å². The Balaban J connectivity index is 4.82. The highest BCUT2D eigenvalue weighted by Gasteiger charge is 2.45. The second kappa shape index (κ2) is 8.30. The zero-order valence-corrected chi connectivity index (χ0v) is 14.3. The van der Waals surface area contributed by atoms with Crippen molar-refractivity contribution < 1.29 is 13.3 Å². The van der Waals surface area contributed by atoms with Crippen LogP contribution in [-0.4, -0.2) is 28.6 Å². The van der Waals surface area contributed by atoms with Gasteiger partial charge in [0.2, 0.25) is 0 Å². The van der Waals surface area contributed by atoms with E-state index in [2.05, 4.69) is 27.7 Å². The molecule has 0 aliphatic carbocycles. The molecule has 0 spiro atoms. The zero-order chi connectivity index (χ0) is 14.2. The summed E-state index contributed by atoms with van der Waals surface area (Å²) in [4.78, 5) is 0. The second-order valence-electron chi connectivity index (χ2n) is 5.92. The summed E-state index contributed by atoms with van der Waals surface area (Å²) in [5, 5.41) is 0. The fourth-order valence-corrected chi connectivity index (χ4v) is 5.89. The van der Waals surface area contributed by atoms with Gasteiger partial charge in [0.1, 0.15) is 0 Å². The molecule has 3 nitrogen and oxygen atoms in total. The van der Waals surface area contributed by atoms with Crippen molar-refractivity contribution in [2.75, 3.05) is 19.8 Å². The molecular formula is C14H32O3Si. The SMILES string of the molecule is CCO[Si](CC(C)(C)CC(C)C)(OCC)OCC. The van der Waals surface area contributed by atoms with Crippen molar-refractivity contribution in [1.29, 1.82) is 0 Å². The van der Waals surface area contributed by atoms with Gasteiger partial charge in [-0.1, -0.05) is 27.7 Å².